The third kappa shape index (κ3) is 3.30. The monoisotopic (exact) mass is 101 g/mol. The fourth-order valence-electron chi connectivity index (χ4n) is 0.276. The van der Waals surface area contributed by atoms with Gasteiger partial charge in [0.2, 0.25) is 0 Å². The van der Waals surface area contributed by atoms with Crippen molar-refractivity contribution in [1.29, 1.82) is 0 Å². The van der Waals surface area contributed by atoms with Crippen molar-refractivity contribution in [2.45, 2.75) is 19.8 Å². The molecule has 7 heavy (non-hydrogen) atoms. The maximum Gasteiger partial charge on any atom is 0.305 e. The molecule has 0 saturated heterocycles. The predicted octanol–water partition coefficient (Wildman–Crippen LogP) is 1.12. The Morgan fingerprint density at radius 3 is 2.57 bits per heavy atom. The normalized spacial score (nSPS) is 8.29. The predicted molar refractivity (Wildman–Crippen MR) is 26.4 cm³/mol. The highest BCUT2D eigenvalue weighted by atomic mass is 16.5. The second kappa shape index (κ2) is 3.65. The molecule has 0 aromatic rings. The van der Waals surface area contributed by atoms with E-state index in [0.717, 1.165) is 6.42 Å². The molecule has 0 unspecified atom stereocenters. The van der Waals surface area contributed by atoms with Gasteiger partial charge in [0.1, 0.15) is 7.11 Å². The zero-order chi connectivity index (χ0) is 5.70. The van der Waals surface area contributed by atoms with E-state index in [2.05, 4.69) is 11.8 Å². The molecule has 41 valence electrons. The first kappa shape index (κ1) is 6.47. The highest BCUT2D eigenvalue weighted by molar-refractivity contribution is 5.69. The first-order valence-electron chi connectivity index (χ1n) is 2.26. The zero-order valence-corrected chi connectivity index (χ0v) is 4.44. The average Bonchev–Trinajstić information content (AvgIpc) is 1.68. The number of rotatable bonds is 2. The van der Waals surface area contributed by atoms with E-state index in [4.69, 9.17) is 0 Å². The quantitative estimate of drug-likeness (QED) is 0.487. The number of carbonyl (C=O) groups excluding carboxylic acids is 1. The van der Waals surface area contributed by atoms with Gasteiger partial charge in [-0.3, -0.25) is 4.79 Å². The minimum absolute atomic E-state index is 0.234. The van der Waals surface area contributed by atoms with Crippen molar-refractivity contribution < 1.29 is 9.53 Å². The van der Waals surface area contributed by atoms with Crippen LogP contribution in [0.5, 0.6) is 0 Å². The summed E-state index contributed by atoms with van der Waals surface area (Å²) in [5, 5.41) is 0. The van der Waals surface area contributed by atoms with Gasteiger partial charge in [-0.25, -0.2) is 0 Å². The summed E-state index contributed by atoms with van der Waals surface area (Å²) in [6, 6.07) is 0. The Labute approximate surface area is 43.5 Å². The van der Waals surface area contributed by atoms with Crippen molar-refractivity contribution >= 4 is 5.97 Å². The molecular formula is C5H9O2. The van der Waals surface area contributed by atoms with Gasteiger partial charge < -0.3 is 4.74 Å². The summed E-state index contributed by atoms with van der Waals surface area (Å²) in [7, 11) is 2.95. The Kier molecular flexibility index (Phi) is 3.38. The summed E-state index contributed by atoms with van der Waals surface area (Å²) in [4.78, 5) is 10.1. The molecular weight excluding hydrogens is 92.1 g/mol. The smallest absolute Gasteiger partial charge is 0.305 e. The Bertz CT molecular complexity index is 59.1. The van der Waals surface area contributed by atoms with Crippen LogP contribution in [0.1, 0.15) is 19.8 Å². The van der Waals surface area contributed by atoms with Crippen LogP contribution in [0, 0.1) is 7.11 Å². The summed E-state index contributed by atoms with van der Waals surface area (Å²) in [6.07, 6.45) is 1.30. The molecule has 0 saturated carbocycles. The highest BCUT2D eigenvalue weighted by Gasteiger charge is 1.92. The molecule has 0 aliphatic carbocycles. The van der Waals surface area contributed by atoms with Crippen LogP contribution < -0.4 is 0 Å². The van der Waals surface area contributed by atoms with E-state index in [1.165, 1.54) is 0 Å². The van der Waals surface area contributed by atoms with Crippen LogP contribution in [0.25, 0.3) is 0 Å². The SMILES string of the molecule is [CH2]OC(=O)CCC. The fourth-order valence-corrected chi connectivity index (χ4v) is 0.276. The number of carbonyl (C=O) groups is 1. The molecule has 0 aliphatic rings. The van der Waals surface area contributed by atoms with Crippen molar-refractivity contribution in [3.05, 3.63) is 7.11 Å². The van der Waals surface area contributed by atoms with Gasteiger partial charge in [0.25, 0.3) is 0 Å². The number of hydrogen-bond donors (Lipinski definition) is 0. The molecule has 0 aliphatic heterocycles. The van der Waals surface area contributed by atoms with Crippen molar-refractivity contribution in [3.63, 3.8) is 0 Å². The van der Waals surface area contributed by atoms with Gasteiger partial charge in [-0.1, -0.05) is 6.92 Å². The Hall–Kier alpha value is -0.530. The number of ether oxygens (including phenoxy) is 1. The first-order chi connectivity index (χ1) is 3.31. The second-order valence-corrected chi connectivity index (χ2v) is 1.27. The second-order valence-electron chi connectivity index (χ2n) is 1.27. The van der Waals surface area contributed by atoms with E-state index in [0.29, 0.717) is 6.42 Å². The lowest BCUT2D eigenvalue weighted by Gasteiger charge is -1.90. The molecule has 1 radical (unpaired) electrons. The van der Waals surface area contributed by atoms with Crippen LogP contribution in [0.2, 0.25) is 0 Å². The van der Waals surface area contributed by atoms with E-state index >= 15 is 0 Å². The molecule has 0 bridgehead atoms. The van der Waals surface area contributed by atoms with Crippen LogP contribution in [0.3, 0.4) is 0 Å². The number of esters is 1. The van der Waals surface area contributed by atoms with Gasteiger partial charge in [-0.2, -0.15) is 0 Å². The van der Waals surface area contributed by atoms with Gasteiger partial charge in [0.05, 0.1) is 0 Å². The van der Waals surface area contributed by atoms with Crippen LogP contribution in [0.15, 0.2) is 0 Å². The summed E-state index contributed by atoms with van der Waals surface area (Å²) in [5.74, 6) is -0.234. The minimum atomic E-state index is -0.234. The summed E-state index contributed by atoms with van der Waals surface area (Å²) in [5.41, 5.74) is 0. The lowest BCUT2D eigenvalue weighted by atomic mass is 10.3. The van der Waals surface area contributed by atoms with Gasteiger partial charge in [0.15, 0.2) is 0 Å². The van der Waals surface area contributed by atoms with E-state index in [-0.39, 0.29) is 5.97 Å². The molecule has 0 fully saturated rings. The Morgan fingerprint density at radius 1 is 1.86 bits per heavy atom. The van der Waals surface area contributed by atoms with Crippen LogP contribution in [0.4, 0.5) is 0 Å². The largest absolute Gasteiger partial charge is 0.462 e. The topological polar surface area (TPSA) is 26.3 Å². The third-order valence-electron chi connectivity index (χ3n) is 0.615. The maximum absolute atomic E-state index is 10.1. The van der Waals surface area contributed by atoms with Crippen molar-refractivity contribution in [2.24, 2.45) is 0 Å². The van der Waals surface area contributed by atoms with Crippen molar-refractivity contribution in [1.82, 2.24) is 0 Å². The molecule has 0 spiro atoms. The lowest BCUT2D eigenvalue weighted by Crippen LogP contribution is -1.95. The van der Waals surface area contributed by atoms with E-state index in [1.54, 1.807) is 0 Å². The first-order valence-corrected chi connectivity index (χ1v) is 2.26. The van der Waals surface area contributed by atoms with Gasteiger partial charge in [-0.15, -0.1) is 0 Å². The fraction of sp³-hybridized carbons (Fsp3) is 0.600. The molecule has 0 aromatic heterocycles. The standard InChI is InChI=1S/C5H9O2/c1-3-4-5(6)7-2/h2-4H2,1H3. The lowest BCUT2D eigenvalue weighted by molar-refractivity contribution is -0.138. The van der Waals surface area contributed by atoms with Crippen molar-refractivity contribution in [3.8, 4) is 0 Å². The van der Waals surface area contributed by atoms with Crippen LogP contribution >= 0.6 is 0 Å². The molecule has 0 heterocycles. The molecule has 0 atom stereocenters. The van der Waals surface area contributed by atoms with E-state index in [9.17, 15) is 4.79 Å². The third-order valence-corrected chi connectivity index (χ3v) is 0.615. The average molecular weight is 101 g/mol. The molecule has 0 aromatic carbocycles. The van der Waals surface area contributed by atoms with Crippen LogP contribution in [-0.4, -0.2) is 5.97 Å². The zero-order valence-electron chi connectivity index (χ0n) is 4.44. The Morgan fingerprint density at radius 2 is 2.43 bits per heavy atom. The summed E-state index contributed by atoms with van der Waals surface area (Å²) >= 11 is 0. The number of hydrogen-bond acceptors (Lipinski definition) is 2. The van der Waals surface area contributed by atoms with Crippen molar-refractivity contribution in [2.75, 3.05) is 0 Å². The molecule has 2 nitrogen and oxygen atoms in total. The van der Waals surface area contributed by atoms with Gasteiger partial charge in [-0.05, 0) is 6.42 Å². The summed E-state index contributed by atoms with van der Waals surface area (Å²) in [6.45, 7) is 1.91. The van der Waals surface area contributed by atoms with Crippen LogP contribution in [-0.2, 0) is 9.53 Å². The molecule has 2 heteroatoms. The summed E-state index contributed by atoms with van der Waals surface area (Å²) < 4.78 is 4.10. The van der Waals surface area contributed by atoms with Gasteiger partial charge >= 0.3 is 5.97 Å². The molecule has 0 N–H and O–H groups in total. The van der Waals surface area contributed by atoms with Gasteiger partial charge in [0, 0.05) is 6.42 Å². The maximum atomic E-state index is 10.1. The molecule has 0 rings (SSSR count). The highest BCUT2D eigenvalue weighted by Crippen LogP contribution is 1.87. The minimum Gasteiger partial charge on any atom is -0.462 e. The van der Waals surface area contributed by atoms with E-state index < -0.39 is 0 Å². The van der Waals surface area contributed by atoms with E-state index in [1.807, 2.05) is 6.92 Å². The molecule has 0 amide bonds. The Balaban J connectivity index is 3.00.